The fourth-order valence-corrected chi connectivity index (χ4v) is 2.16. The van der Waals surface area contributed by atoms with Crippen molar-refractivity contribution < 1.29 is 9.50 Å². The van der Waals surface area contributed by atoms with E-state index in [0.717, 1.165) is 5.56 Å². The Kier molecular flexibility index (Phi) is 4.05. The van der Waals surface area contributed by atoms with Crippen molar-refractivity contribution in [1.29, 1.82) is 0 Å². The van der Waals surface area contributed by atoms with E-state index in [9.17, 15) is 9.50 Å². The molecule has 1 unspecified atom stereocenters. The van der Waals surface area contributed by atoms with Gasteiger partial charge in [0.15, 0.2) is 0 Å². The molecule has 1 atom stereocenters. The molecule has 4 heteroatoms. The minimum absolute atomic E-state index is 0.0151. The zero-order valence-corrected chi connectivity index (χ0v) is 12.0. The summed E-state index contributed by atoms with van der Waals surface area (Å²) in [5.74, 6) is -0.598. The summed E-state index contributed by atoms with van der Waals surface area (Å²) in [5.41, 5.74) is 1.89. The van der Waals surface area contributed by atoms with Crippen LogP contribution in [0.3, 0.4) is 0 Å². The van der Waals surface area contributed by atoms with Gasteiger partial charge in [0.2, 0.25) is 0 Å². The van der Waals surface area contributed by atoms with E-state index in [0.29, 0.717) is 10.0 Å². The summed E-state index contributed by atoms with van der Waals surface area (Å²) in [6.07, 6.45) is -1.02. The van der Waals surface area contributed by atoms with E-state index in [1.54, 1.807) is 18.2 Å². The summed E-state index contributed by atoms with van der Waals surface area (Å²) in [5, 5.41) is 10.1. The first kappa shape index (κ1) is 13.5. The maximum Gasteiger partial charge on any atom is 0.149 e. The highest BCUT2D eigenvalue weighted by Gasteiger charge is 2.18. The number of hydrogen-bond acceptors (Lipinski definition) is 1. The minimum Gasteiger partial charge on any atom is -0.384 e. The molecule has 0 aromatic heterocycles. The smallest absolute Gasteiger partial charge is 0.149 e. The van der Waals surface area contributed by atoms with Crippen LogP contribution in [0.2, 0.25) is 5.02 Å². The first-order valence-corrected chi connectivity index (χ1v) is 6.56. The van der Waals surface area contributed by atoms with E-state index in [-0.39, 0.29) is 10.6 Å². The molecule has 0 heterocycles. The molecule has 0 aliphatic rings. The van der Waals surface area contributed by atoms with Gasteiger partial charge in [0, 0.05) is 10.0 Å². The Hall–Kier alpha value is -0.900. The number of hydrogen-bond donors (Lipinski definition) is 1. The molecule has 0 saturated heterocycles. The summed E-state index contributed by atoms with van der Waals surface area (Å²) in [4.78, 5) is 0. The van der Waals surface area contributed by atoms with Gasteiger partial charge in [0.1, 0.15) is 11.9 Å². The molecule has 94 valence electrons. The summed E-state index contributed by atoms with van der Waals surface area (Å²) in [7, 11) is 0. The standard InChI is InChI=1S/C14H11BrClFO/c1-8-2-4-9(5-3-8)14(18)10-6-7-11(15)12(16)13(10)17/h2-7,14,18H,1H3. The van der Waals surface area contributed by atoms with Crippen LogP contribution in [0, 0.1) is 12.7 Å². The lowest BCUT2D eigenvalue weighted by Crippen LogP contribution is -2.03. The number of aliphatic hydroxyl groups excluding tert-OH is 1. The lowest BCUT2D eigenvalue weighted by Gasteiger charge is -2.14. The van der Waals surface area contributed by atoms with Gasteiger partial charge in [0.05, 0.1) is 5.02 Å². The number of rotatable bonds is 2. The average Bonchev–Trinajstić information content (AvgIpc) is 2.36. The highest BCUT2D eigenvalue weighted by molar-refractivity contribution is 9.10. The Bertz CT molecular complexity index is 569. The molecule has 1 nitrogen and oxygen atoms in total. The second kappa shape index (κ2) is 5.39. The third-order valence-corrected chi connectivity index (χ3v) is 4.01. The summed E-state index contributed by atoms with van der Waals surface area (Å²) in [6, 6.07) is 10.4. The van der Waals surface area contributed by atoms with Gasteiger partial charge in [0.25, 0.3) is 0 Å². The quantitative estimate of drug-likeness (QED) is 0.796. The highest BCUT2D eigenvalue weighted by atomic mass is 79.9. The lowest BCUT2D eigenvalue weighted by molar-refractivity contribution is 0.215. The van der Waals surface area contributed by atoms with Crippen molar-refractivity contribution in [1.82, 2.24) is 0 Å². The van der Waals surface area contributed by atoms with Crippen molar-refractivity contribution >= 4 is 27.5 Å². The summed E-state index contributed by atoms with van der Waals surface area (Å²) < 4.78 is 14.4. The first-order chi connectivity index (χ1) is 8.50. The van der Waals surface area contributed by atoms with E-state index in [1.807, 2.05) is 19.1 Å². The Labute approximate surface area is 118 Å². The molecular weight excluding hydrogens is 319 g/mol. The molecule has 2 aromatic carbocycles. The molecule has 0 fully saturated rings. The second-order valence-electron chi connectivity index (χ2n) is 4.08. The number of aliphatic hydroxyl groups is 1. The van der Waals surface area contributed by atoms with Gasteiger partial charge in [-0.25, -0.2) is 4.39 Å². The van der Waals surface area contributed by atoms with Crippen molar-refractivity contribution in [2.75, 3.05) is 0 Å². The van der Waals surface area contributed by atoms with E-state index >= 15 is 0 Å². The Morgan fingerprint density at radius 3 is 2.39 bits per heavy atom. The molecule has 2 rings (SSSR count). The van der Waals surface area contributed by atoms with Crippen molar-refractivity contribution in [2.24, 2.45) is 0 Å². The minimum atomic E-state index is -1.02. The van der Waals surface area contributed by atoms with E-state index in [2.05, 4.69) is 15.9 Å². The third-order valence-electron chi connectivity index (χ3n) is 2.75. The predicted molar refractivity (Wildman–Crippen MR) is 74.4 cm³/mol. The average molecular weight is 330 g/mol. The predicted octanol–water partition coefficient (Wildman–Crippen LogP) is 4.63. The topological polar surface area (TPSA) is 20.2 Å². The largest absolute Gasteiger partial charge is 0.384 e. The number of benzene rings is 2. The monoisotopic (exact) mass is 328 g/mol. The number of halogens is 3. The molecule has 1 N–H and O–H groups in total. The van der Waals surface area contributed by atoms with E-state index in [1.165, 1.54) is 6.07 Å². The van der Waals surface area contributed by atoms with Crippen LogP contribution in [0.1, 0.15) is 22.8 Å². The Morgan fingerprint density at radius 2 is 1.78 bits per heavy atom. The molecule has 0 aliphatic carbocycles. The van der Waals surface area contributed by atoms with Crippen LogP contribution >= 0.6 is 27.5 Å². The molecular formula is C14H11BrClFO. The third kappa shape index (κ3) is 2.58. The van der Waals surface area contributed by atoms with Gasteiger partial charge in [-0.15, -0.1) is 0 Å². The van der Waals surface area contributed by atoms with Crippen molar-refractivity contribution in [3.05, 3.63) is 68.4 Å². The van der Waals surface area contributed by atoms with E-state index < -0.39 is 11.9 Å². The maximum atomic E-state index is 14.0. The molecule has 18 heavy (non-hydrogen) atoms. The maximum absolute atomic E-state index is 14.0. The normalized spacial score (nSPS) is 12.5. The van der Waals surface area contributed by atoms with Crippen LogP contribution in [-0.4, -0.2) is 5.11 Å². The van der Waals surface area contributed by atoms with Crippen molar-refractivity contribution in [3.63, 3.8) is 0 Å². The molecule has 0 saturated carbocycles. The van der Waals surface area contributed by atoms with Gasteiger partial charge in [-0.05, 0) is 34.5 Å². The van der Waals surface area contributed by atoms with Gasteiger partial charge in [-0.3, -0.25) is 0 Å². The second-order valence-corrected chi connectivity index (χ2v) is 5.31. The molecule has 0 amide bonds. The van der Waals surface area contributed by atoms with Gasteiger partial charge in [-0.1, -0.05) is 47.5 Å². The Morgan fingerprint density at radius 1 is 1.17 bits per heavy atom. The fraction of sp³-hybridized carbons (Fsp3) is 0.143. The van der Waals surface area contributed by atoms with Crippen LogP contribution < -0.4 is 0 Å². The van der Waals surface area contributed by atoms with Crippen LogP contribution in [0.5, 0.6) is 0 Å². The van der Waals surface area contributed by atoms with Gasteiger partial charge >= 0.3 is 0 Å². The zero-order valence-electron chi connectivity index (χ0n) is 9.62. The fourth-order valence-electron chi connectivity index (χ4n) is 1.68. The first-order valence-electron chi connectivity index (χ1n) is 5.38. The number of aryl methyl sites for hydroxylation is 1. The zero-order chi connectivity index (χ0) is 13.3. The van der Waals surface area contributed by atoms with Crippen LogP contribution in [0.25, 0.3) is 0 Å². The van der Waals surface area contributed by atoms with Crippen LogP contribution in [0.15, 0.2) is 40.9 Å². The van der Waals surface area contributed by atoms with E-state index in [4.69, 9.17) is 11.6 Å². The summed E-state index contributed by atoms with van der Waals surface area (Å²) >= 11 is 8.95. The Balaban J connectivity index is 2.43. The van der Waals surface area contributed by atoms with Crippen LogP contribution in [0.4, 0.5) is 4.39 Å². The molecule has 0 aliphatic heterocycles. The van der Waals surface area contributed by atoms with Crippen molar-refractivity contribution in [2.45, 2.75) is 13.0 Å². The SMILES string of the molecule is Cc1ccc(C(O)c2ccc(Br)c(Cl)c2F)cc1. The summed E-state index contributed by atoms with van der Waals surface area (Å²) in [6.45, 7) is 1.95. The highest BCUT2D eigenvalue weighted by Crippen LogP contribution is 2.32. The molecule has 0 bridgehead atoms. The van der Waals surface area contributed by atoms with Gasteiger partial charge < -0.3 is 5.11 Å². The molecule has 2 aromatic rings. The molecule has 0 spiro atoms. The lowest BCUT2D eigenvalue weighted by atomic mass is 10.0. The van der Waals surface area contributed by atoms with Crippen LogP contribution in [-0.2, 0) is 0 Å². The molecule has 0 radical (unpaired) electrons. The van der Waals surface area contributed by atoms with Gasteiger partial charge in [-0.2, -0.15) is 0 Å². The van der Waals surface area contributed by atoms with Crippen molar-refractivity contribution in [3.8, 4) is 0 Å².